The third kappa shape index (κ3) is 4.90. The van der Waals surface area contributed by atoms with Crippen molar-refractivity contribution in [3.8, 4) is 0 Å². The number of rotatable bonds is 14. The number of carbonyl (C=O) groups excluding carboxylic acids is 3. The van der Waals surface area contributed by atoms with E-state index in [2.05, 4.69) is 13.2 Å². The lowest BCUT2D eigenvalue weighted by Crippen LogP contribution is -2.59. The molecule has 4 rings (SSSR count). The van der Waals surface area contributed by atoms with Crippen LogP contribution in [0.25, 0.3) is 0 Å². The Morgan fingerprint density at radius 3 is 2.55 bits per heavy atom. The normalized spacial score (nSPS) is 30.1. The van der Waals surface area contributed by atoms with Crippen LogP contribution in [0.15, 0.2) is 55.6 Å². The molecule has 2 amide bonds. The molecule has 7 atom stereocenters. The minimum atomic E-state index is -1.18. The van der Waals surface area contributed by atoms with Crippen molar-refractivity contribution in [1.82, 2.24) is 9.80 Å². The Morgan fingerprint density at radius 1 is 1.23 bits per heavy atom. The molecule has 3 heterocycles. The van der Waals surface area contributed by atoms with Gasteiger partial charge in [-0.05, 0) is 37.2 Å². The second-order valence-electron chi connectivity index (χ2n) is 11.5. The number of aliphatic hydroxyl groups is 1. The number of benzene rings is 1. The van der Waals surface area contributed by atoms with E-state index >= 15 is 0 Å². The third-order valence-corrected chi connectivity index (χ3v) is 9.40. The Morgan fingerprint density at radius 2 is 1.95 bits per heavy atom. The van der Waals surface area contributed by atoms with E-state index in [0.29, 0.717) is 38.6 Å². The SMILES string of the molecule is C=CCCOC(=O)[C@@H]1[C@H]2C(=O)N([C@@H](CO)[C@@H](C)CC)C(C(=O)N(CC=C)Cc3ccccc3)C23CC[C@@]1(CC)O3. The average Bonchev–Trinajstić information content (AvgIpc) is 3.57. The van der Waals surface area contributed by atoms with Crippen LogP contribution in [0.3, 0.4) is 0 Å². The van der Waals surface area contributed by atoms with E-state index in [9.17, 15) is 19.5 Å². The van der Waals surface area contributed by atoms with Crippen molar-refractivity contribution >= 4 is 17.8 Å². The van der Waals surface area contributed by atoms with E-state index in [1.54, 1.807) is 22.0 Å². The summed E-state index contributed by atoms with van der Waals surface area (Å²) in [5.74, 6) is -2.77. The van der Waals surface area contributed by atoms with Gasteiger partial charge in [-0.2, -0.15) is 0 Å². The highest BCUT2D eigenvalue weighted by atomic mass is 16.6. The van der Waals surface area contributed by atoms with E-state index in [4.69, 9.17) is 9.47 Å². The van der Waals surface area contributed by atoms with Gasteiger partial charge in [0.2, 0.25) is 11.8 Å². The molecule has 1 N–H and O–H groups in total. The third-order valence-electron chi connectivity index (χ3n) is 9.40. The van der Waals surface area contributed by atoms with Gasteiger partial charge in [0.05, 0.1) is 30.8 Å². The van der Waals surface area contributed by atoms with Gasteiger partial charge in [0.1, 0.15) is 17.6 Å². The number of hydrogen-bond acceptors (Lipinski definition) is 6. The van der Waals surface area contributed by atoms with Crippen LogP contribution >= 0.6 is 0 Å². The first kappa shape index (κ1) is 30.0. The van der Waals surface area contributed by atoms with Gasteiger partial charge in [-0.1, -0.05) is 69.7 Å². The van der Waals surface area contributed by atoms with Crippen molar-refractivity contribution in [1.29, 1.82) is 0 Å². The predicted molar refractivity (Wildman–Crippen MR) is 152 cm³/mol. The molecule has 3 aliphatic heterocycles. The van der Waals surface area contributed by atoms with Crippen LogP contribution in [0.4, 0.5) is 0 Å². The molecular formula is C32H44N2O6. The molecule has 0 aromatic heterocycles. The molecule has 8 heteroatoms. The standard InChI is InChI=1S/C32H44N2O6/c1-6-10-19-39-30(38)26-25-28(36)34(24(21-35)22(5)8-3)27(32(25)17-16-31(26,9-4)40-32)29(37)33(18-7-2)20-23-14-12-11-13-15-23/h6-7,11-15,22,24-27,35H,1-2,8-10,16-21H2,3-5H3/t22-,24-,25-,26-,27?,31+,32?/m0/s1. The van der Waals surface area contributed by atoms with Gasteiger partial charge in [0.25, 0.3) is 0 Å². The first-order chi connectivity index (χ1) is 19.2. The summed E-state index contributed by atoms with van der Waals surface area (Å²) in [6.07, 6.45) is 6.13. The largest absolute Gasteiger partial charge is 0.465 e. The lowest BCUT2D eigenvalue weighted by Gasteiger charge is -2.41. The topological polar surface area (TPSA) is 96.4 Å². The number of fused-ring (bicyclic) bond motifs is 1. The molecule has 1 aromatic carbocycles. The zero-order chi connectivity index (χ0) is 29.1. The monoisotopic (exact) mass is 552 g/mol. The zero-order valence-electron chi connectivity index (χ0n) is 24.1. The fourth-order valence-electron chi connectivity index (χ4n) is 7.16. The first-order valence-corrected chi connectivity index (χ1v) is 14.6. The molecule has 2 bridgehead atoms. The highest BCUT2D eigenvalue weighted by Crippen LogP contribution is 2.65. The maximum atomic E-state index is 14.6. The molecule has 3 fully saturated rings. The molecule has 3 aliphatic rings. The molecule has 2 unspecified atom stereocenters. The molecular weight excluding hydrogens is 508 g/mol. The number of carbonyl (C=O) groups is 3. The van der Waals surface area contributed by atoms with Crippen molar-refractivity contribution in [2.75, 3.05) is 19.8 Å². The Kier molecular flexibility index (Phi) is 9.20. The molecule has 1 aromatic rings. The molecule has 1 spiro atoms. The number of likely N-dealkylation sites (tertiary alicyclic amines) is 1. The summed E-state index contributed by atoms with van der Waals surface area (Å²) in [6.45, 7) is 14.0. The second-order valence-corrected chi connectivity index (χ2v) is 11.5. The van der Waals surface area contributed by atoms with Crippen LogP contribution < -0.4 is 0 Å². The number of ether oxygens (including phenoxy) is 2. The molecule has 0 saturated carbocycles. The van der Waals surface area contributed by atoms with E-state index in [0.717, 1.165) is 5.56 Å². The van der Waals surface area contributed by atoms with Gasteiger partial charge in [0.15, 0.2) is 0 Å². The summed E-state index contributed by atoms with van der Waals surface area (Å²) in [5, 5.41) is 10.6. The van der Waals surface area contributed by atoms with E-state index in [-0.39, 0.29) is 37.5 Å². The predicted octanol–water partition coefficient (Wildman–Crippen LogP) is 3.88. The smallest absolute Gasteiger partial charge is 0.312 e. The summed E-state index contributed by atoms with van der Waals surface area (Å²) in [4.78, 5) is 45.9. The molecule has 40 heavy (non-hydrogen) atoms. The van der Waals surface area contributed by atoms with Gasteiger partial charge >= 0.3 is 5.97 Å². The van der Waals surface area contributed by atoms with Crippen LogP contribution in [0.1, 0.15) is 58.4 Å². The average molecular weight is 553 g/mol. The van der Waals surface area contributed by atoms with Crippen LogP contribution in [0, 0.1) is 17.8 Å². The molecule has 8 nitrogen and oxygen atoms in total. The number of hydrogen-bond donors (Lipinski definition) is 1. The Balaban J connectivity index is 1.81. The fraction of sp³-hybridized carbons (Fsp3) is 0.594. The summed E-state index contributed by atoms with van der Waals surface area (Å²) in [6, 6.07) is 8.11. The lowest BCUT2D eigenvalue weighted by molar-refractivity contribution is -0.164. The van der Waals surface area contributed by atoms with Crippen LogP contribution in [-0.2, 0) is 30.4 Å². The minimum absolute atomic E-state index is 0.0724. The number of esters is 1. The summed E-state index contributed by atoms with van der Waals surface area (Å²) < 4.78 is 12.5. The van der Waals surface area contributed by atoms with Gasteiger partial charge in [-0.3, -0.25) is 14.4 Å². The van der Waals surface area contributed by atoms with E-state index in [1.807, 2.05) is 51.1 Å². The maximum Gasteiger partial charge on any atom is 0.312 e. The van der Waals surface area contributed by atoms with Crippen LogP contribution in [0.5, 0.6) is 0 Å². The highest BCUT2D eigenvalue weighted by molar-refractivity contribution is 5.98. The molecule has 0 radical (unpaired) electrons. The van der Waals surface area contributed by atoms with Crippen LogP contribution in [-0.4, -0.2) is 75.7 Å². The zero-order valence-corrected chi connectivity index (χ0v) is 24.1. The van der Waals surface area contributed by atoms with Gasteiger partial charge in [-0.15, -0.1) is 13.2 Å². The van der Waals surface area contributed by atoms with Gasteiger partial charge in [0, 0.05) is 13.1 Å². The fourth-order valence-corrected chi connectivity index (χ4v) is 7.16. The van der Waals surface area contributed by atoms with Crippen LogP contribution in [0.2, 0.25) is 0 Å². The van der Waals surface area contributed by atoms with Crippen molar-refractivity contribution in [2.24, 2.45) is 17.8 Å². The van der Waals surface area contributed by atoms with Crippen molar-refractivity contribution in [2.45, 2.75) is 82.7 Å². The quantitative estimate of drug-likeness (QED) is 0.214. The lowest BCUT2D eigenvalue weighted by atomic mass is 9.65. The summed E-state index contributed by atoms with van der Waals surface area (Å²) in [5.41, 5.74) is -1.10. The highest BCUT2D eigenvalue weighted by Gasteiger charge is 2.79. The van der Waals surface area contributed by atoms with Crippen molar-refractivity contribution < 1.29 is 29.0 Å². The van der Waals surface area contributed by atoms with Crippen molar-refractivity contribution in [3.63, 3.8) is 0 Å². The minimum Gasteiger partial charge on any atom is -0.465 e. The van der Waals surface area contributed by atoms with Gasteiger partial charge in [-0.25, -0.2) is 0 Å². The number of amides is 2. The first-order valence-electron chi connectivity index (χ1n) is 14.6. The van der Waals surface area contributed by atoms with E-state index < -0.39 is 41.1 Å². The Hall–Kier alpha value is -2.97. The molecule has 0 aliphatic carbocycles. The Bertz CT molecular complexity index is 1110. The summed E-state index contributed by atoms with van der Waals surface area (Å²) in [7, 11) is 0. The summed E-state index contributed by atoms with van der Waals surface area (Å²) >= 11 is 0. The molecule has 3 saturated heterocycles. The van der Waals surface area contributed by atoms with Gasteiger partial charge < -0.3 is 24.4 Å². The second kappa shape index (κ2) is 12.3. The molecule has 218 valence electrons. The Labute approximate surface area is 238 Å². The van der Waals surface area contributed by atoms with Crippen molar-refractivity contribution in [3.05, 3.63) is 61.2 Å². The maximum absolute atomic E-state index is 14.6. The van der Waals surface area contributed by atoms with E-state index in [1.165, 1.54) is 0 Å². The number of aliphatic hydroxyl groups excluding tert-OH is 1. The number of nitrogens with zero attached hydrogens (tertiary/aromatic N) is 2.